The van der Waals surface area contributed by atoms with Crippen molar-refractivity contribution >= 4 is 10.0 Å². The molecular weight excluding hydrogens is 276 g/mol. The average molecular weight is 300 g/mol. The highest BCUT2D eigenvalue weighted by atomic mass is 32.2. The third-order valence-corrected chi connectivity index (χ3v) is 4.41. The van der Waals surface area contributed by atoms with Crippen LogP contribution in [-0.2, 0) is 16.4 Å². The third kappa shape index (κ3) is 4.77. The van der Waals surface area contributed by atoms with Gasteiger partial charge in [-0.1, -0.05) is 13.8 Å². The molecule has 2 N–H and O–H groups in total. The van der Waals surface area contributed by atoms with Gasteiger partial charge in [0, 0.05) is 6.54 Å². The molecule has 1 aromatic rings. The zero-order valence-corrected chi connectivity index (χ0v) is 13.4. The van der Waals surface area contributed by atoms with Gasteiger partial charge in [-0.05, 0) is 49.7 Å². The van der Waals surface area contributed by atoms with Crippen molar-refractivity contribution < 1.29 is 13.2 Å². The number of likely N-dealkylation sites (N-methyl/N-ethyl adjacent to an activating group) is 1. The summed E-state index contributed by atoms with van der Waals surface area (Å²) in [5.41, 5.74) is 0.759. The van der Waals surface area contributed by atoms with Crippen molar-refractivity contribution in [1.29, 1.82) is 0 Å². The van der Waals surface area contributed by atoms with Gasteiger partial charge >= 0.3 is 0 Å². The van der Waals surface area contributed by atoms with Crippen LogP contribution in [0.25, 0.3) is 0 Å². The van der Waals surface area contributed by atoms with E-state index in [2.05, 4.69) is 10.0 Å². The first-order valence-corrected chi connectivity index (χ1v) is 8.20. The topological polar surface area (TPSA) is 67.4 Å². The monoisotopic (exact) mass is 300 g/mol. The Bertz CT molecular complexity index is 527. The molecule has 6 heteroatoms. The lowest BCUT2D eigenvalue weighted by atomic mass is 10.1. The fraction of sp³-hybridized carbons (Fsp3) is 0.571. The fourth-order valence-corrected chi connectivity index (χ4v) is 3.22. The highest BCUT2D eigenvalue weighted by Gasteiger charge is 2.19. The summed E-state index contributed by atoms with van der Waals surface area (Å²) >= 11 is 0. The summed E-state index contributed by atoms with van der Waals surface area (Å²) in [7, 11) is -0.0643. The van der Waals surface area contributed by atoms with Crippen LogP contribution in [0.3, 0.4) is 0 Å². The summed E-state index contributed by atoms with van der Waals surface area (Å²) in [4.78, 5) is 0.328. The van der Waals surface area contributed by atoms with Gasteiger partial charge in [-0.15, -0.1) is 0 Å². The first-order valence-electron chi connectivity index (χ1n) is 6.72. The van der Waals surface area contributed by atoms with E-state index >= 15 is 0 Å². The van der Waals surface area contributed by atoms with Gasteiger partial charge in [-0.3, -0.25) is 0 Å². The number of hydrogen-bond acceptors (Lipinski definition) is 4. The summed E-state index contributed by atoms with van der Waals surface area (Å²) in [6, 6.07) is 5.06. The second kappa shape index (κ2) is 7.61. The number of nitrogens with one attached hydrogen (secondary N) is 2. The Balaban J connectivity index is 3.08. The highest BCUT2D eigenvalue weighted by Crippen LogP contribution is 2.22. The van der Waals surface area contributed by atoms with E-state index in [4.69, 9.17) is 4.74 Å². The molecule has 0 saturated carbocycles. The second-order valence-corrected chi connectivity index (χ2v) is 6.81. The maximum absolute atomic E-state index is 12.3. The van der Waals surface area contributed by atoms with Crippen LogP contribution in [0.1, 0.15) is 19.4 Å². The molecule has 0 saturated heterocycles. The van der Waals surface area contributed by atoms with Crippen LogP contribution in [0.2, 0.25) is 0 Å². The zero-order valence-electron chi connectivity index (χ0n) is 12.6. The number of methoxy groups -OCH3 is 1. The zero-order chi connectivity index (χ0) is 15.2. The van der Waals surface area contributed by atoms with Gasteiger partial charge in [0.05, 0.1) is 12.0 Å². The standard InChI is InChI=1S/C14H24N2O3S/c1-11(2)10-16-20(17,18)14-6-5-13(19-4)9-12(14)7-8-15-3/h5-6,9,11,15-16H,7-8,10H2,1-4H3. The Morgan fingerprint density at radius 2 is 2.00 bits per heavy atom. The molecule has 0 amide bonds. The molecule has 0 aliphatic carbocycles. The summed E-state index contributed by atoms with van der Waals surface area (Å²) < 4.78 is 32.5. The van der Waals surface area contributed by atoms with E-state index in [9.17, 15) is 8.42 Å². The highest BCUT2D eigenvalue weighted by molar-refractivity contribution is 7.89. The molecule has 0 heterocycles. The lowest BCUT2D eigenvalue weighted by Gasteiger charge is -2.14. The Labute approximate surface area is 121 Å². The number of sulfonamides is 1. The summed E-state index contributed by atoms with van der Waals surface area (Å²) in [5, 5.41) is 3.03. The molecule has 5 nitrogen and oxygen atoms in total. The molecule has 0 fully saturated rings. The minimum Gasteiger partial charge on any atom is -0.497 e. The number of ether oxygens (including phenoxy) is 1. The molecule has 0 radical (unpaired) electrons. The van der Waals surface area contributed by atoms with E-state index in [0.29, 0.717) is 30.2 Å². The van der Waals surface area contributed by atoms with Gasteiger partial charge in [0.25, 0.3) is 0 Å². The van der Waals surface area contributed by atoms with Gasteiger partial charge in [-0.25, -0.2) is 13.1 Å². The van der Waals surface area contributed by atoms with E-state index in [0.717, 1.165) is 5.56 Å². The average Bonchev–Trinajstić information content (AvgIpc) is 2.42. The predicted molar refractivity (Wildman–Crippen MR) is 80.7 cm³/mol. The first kappa shape index (κ1) is 16.9. The molecule has 0 unspecified atom stereocenters. The molecule has 0 bridgehead atoms. The van der Waals surface area contributed by atoms with Crippen molar-refractivity contribution in [3.05, 3.63) is 23.8 Å². The smallest absolute Gasteiger partial charge is 0.240 e. The normalized spacial score (nSPS) is 11.8. The van der Waals surface area contributed by atoms with Crippen molar-refractivity contribution in [1.82, 2.24) is 10.0 Å². The lowest BCUT2D eigenvalue weighted by molar-refractivity contribution is 0.413. The Morgan fingerprint density at radius 3 is 2.55 bits per heavy atom. The van der Waals surface area contributed by atoms with Gasteiger partial charge in [0.2, 0.25) is 10.0 Å². The molecule has 0 aliphatic rings. The molecule has 0 aromatic heterocycles. The van der Waals surface area contributed by atoms with Gasteiger partial charge in [0.1, 0.15) is 5.75 Å². The maximum Gasteiger partial charge on any atom is 0.240 e. The molecule has 1 rings (SSSR count). The van der Waals surface area contributed by atoms with Crippen molar-refractivity contribution in [2.75, 3.05) is 27.2 Å². The SMILES string of the molecule is CNCCc1cc(OC)ccc1S(=O)(=O)NCC(C)C. The van der Waals surface area contributed by atoms with E-state index in [1.165, 1.54) is 0 Å². The summed E-state index contributed by atoms with van der Waals surface area (Å²) in [5.74, 6) is 0.933. The van der Waals surface area contributed by atoms with Gasteiger partial charge < -0.3 is 10.1 Å². The van der Waals surface area contributed by atoms with Gasteiger partial charge in [0.15, 0.2) is 0 Å². The molecular formula is C14H24N2O3S. The molecule has 0 spiro atoms. The number of hydrogen-bond donors (Lipinski definition) is 2. The van der Waals surface area contributed by atoms with E-state index in [-0.39, 0.29) is 5.92 Å². The van der Waals surface area contributed by atoms with Gasteiger partial charge in [-0.2, -0.15) is 0 Å². The maximum atomic E-state index is 12.3. The van der Waals surface area contributed by atoms with E-state index < -0.39 is 10.0 Å². The minimum absolute atomic E-state index is 0.267. The number of benzene rings is 1. The molecule has 1 aromatic carbocycles. The summed E-state index contributed by atoms with van der Waals surface area (Å²) in [6.45, 7) is 5.08. The minimum atomic E-state index is -3.47. The van der Waals surface area contributed by atoms with Crippen molar-refractivity contribution in [2.45, 2.75) is 25.2 Å². The molecule has 20 heavy (non-hydrogen) atoms. The van der Waals surface area contributed by atoms with Crippen LogP contribution >= 0.6 is 0 Å². The predicted octanol–water partition coefficient (Wildman–Crippen LogP) is 1.39. The first-order chi connectivity index (χ1) is 9.40. The van der Waals surface area contributed by atoms with Crippen molar-refractivity contribution in [2.24, 2.45) is 5.92 Å². The molecule has 114 valence electrons. The van der Waals surface area contributed by atoms with Crippen molar-refractivity contribution in [3.63, 3.8) is 0 Å². The van der Waals surface area contributed by atoms with Crippen LogP contribution in [-0.4, -0.2) is 35.7 Å². The fourth-order valence-electron chi connectivity index (χ4n) is 1.75. The second-order valence-electron chi connectivity index (χ2n) is 5.07. The Morgan fingerprint density at radius 1 is 1.30 bits per heavy atom. The largest absolute Gasteiger partial charge is 0.497 e. The quantitative estimate of drug-likeness (QED) is 0.761. The van der Waals surface area contributed by atoms with Crippen LogP contribution in [0, 0.1) is 5.92 Å². The van der Waals surface area contributed by atoms with Crippen LogP contribution in [0.15, 0.2) is 23.1 Å². The molecule has 0 atom stereocenters. The Kier molecular flexibility index (Phi) is 6.45. The molecule has 0 aliphatic heterocycles. The van der Waals surface area contributed by atoms with Crippen molar-refractivity contribution in [3.8, 4) is 5.75 Å². The van der Waals surface area contributed by atoms with Crippen LogP contribution in [0.4, 0.5) is 0 Å². The summed E-state index contributed by atoms with van der Waals surface area (Å²) in [6.07, 6.45) is 0.631. The lowest BCUT2D eigenvalue weighted by Crippen LogP contribution is -2.28. The number of rotatable bonds is 8. The Hall–Kier alpha value is -1.11. The van der Waals surface area contributed by atoms with E-state index in [1.54, 1.807) is 25.3 Å². The van der Waals surface area contributed by atoms with Crippen LogP contribution < -0.4 is 14.8 Å². The van der Waals surface area contributed by atoms with E-state index in [1.807, 2.05) is 20.9 Å². The third-order valence-electron chi connectivity index (χ3n) is 2.88. The van der Waals surface area contributed by atoms with Crippen LogP contribution in [0.5, 0.6) is 5.75 Å².